The fraction of sp³-hybridized carbons (Fsp3) is 0.769. The Labute approximate surface area is 104 Å². The van der Waals surface area contributed by atoms with Crippen LogP contribution in [0.2, 0.25) is 0 Å². The molecule has 2 aliphatic heterocycles. The topological polar surface area (TPSA) is 79.3 Å². The zero-order valence-corrected chi connectivity index (χ0v) is 10.1. The van der Waals surface area contributed by atoms with E-state index in [2.05, 4.69) is 0 Å². The number of rotatable bonds is 0. The van der Waals surface area contributed by atoms with Crippen LogP contribution in [0.1, 0.15) is 19.8 Å². The number of fused-ring (bicyclic) bond motifs is 1. The molecule has 0 aromatic heterocycles. The summed E-state index contributed by atoms with van der Waals surface area (Å²) in [5, 5.41) is 20.3. The summed E-state index contributed by atoms with van der Waals surface area (Å²) in [5.74, 6) is -1.84. The van der Waals surface area contributed by atoms with Gasteiger partial charge in [0.1, 0.15) is 12.2 Å². The van der Waals surface area contributed by atoms with Gasteiger partial charge in [0.15, 0.2) is 5.60 Å². The molecule has 7 atom stereocenters. The third-order valence-electron chi connectivity index (χ3n) is 5.20. The average molecular weight is 252 g/mol. The Morgan fingerprint density at radius 2 is 2.17 bits per heavy atom. The second-order valence-electron chi connectivity index (χ2n) is 5.92. The molecule has 2 heterocycles. The fourth-order valence-electron chi connectivity index (χ4n) is 4.10. The zero-order chi connectivity index (χ0) is 12.7. The number of hydrogen-bond acceptors (Lipinski definition) is 5. The molecule has 1 spiro atoms. The monoisotopic (exact) mass is 252 g/mol. The first-order valence-corrected chi connectivity index (χ1v) is 6.50. The molecular formula is C13H16O5. The van der Waals surface area contributed by atoms with Crippen molar-refractivity contribution in [2.24, 2.45) is 17.8 Å². The van der Waals surface area contributed by atoms with Gasteiger partial charge in [0.2, 0.25) is 5.79 Å². The summed E-state index contributed by atoms with van der Waals surface area (Å²) >= 11 is 0. The van der Waals surface area contributed by atoms with E-state index in [1.54, 1.807) is 6.08 Å². The van der Waals surface area contributed by atoms with Gasteiger partial charge in [0, 0.05) is 11.8 Å². The number of esters is 1. The molecule has 0 aromatic rings. The van der Waals surface area contributed by atoms with Gasteiger partial charge in [-0.15, -0.1) is 0 Å². The van der Waals surface area contributed by atoms with Crippen molar-refractivity contribution in [1.82, 2.24) is 0 Å². The van der Waals surface area contributed by atoms with Crippen LogP contribution < -0.4 is 0 Å². The summed E-state index contributed by atoms with van der Waals surface area (Å²) < 4.78 is 11.0. The molecule has 5 nitrogen and oxygen atoms in total. The minimum absolute atomic E-state index is 0.0187. The van der Waals surface area contributed by atoms with Crippen LogP contribution in [0.5, 0.6) is 0 Å². The summed E-state index contributed by atoms with van der Waals surface area (Å²) in [4.78, 5) is 11.7. The van der Waals surface area contributed by atoms with E-state index in [1.165, 1.54) is 0 Å². The Morgan fingerprint density at radius 3 is 2.94 bits per heavy atom. The number of aliphatic hydroxyl groups excluding tert-OH is 1. The van der Waals surface area contributed by atoms with Crippen molar-refractivity contribution < 1.29 is 24.5 Å². The first kappa shape index (κ1) is 11.0. The lowest BCUT2D eigenvalue weighted by molar-refractivity contribution is -0.148. The number of carbonyl (C=O) groups is 1. The van der Waals surface area contributed by atoms with Gasteiger partial charge in [0.25, 0.3) is 0 Å². The molecule has 1 saturated carbocycles. The van der Waals surface area contributed by atoms with Crippen molar-refractivity contribution in [2.75, 3.05) is 0 Å². The average Bonchev–Trinajstić information content (AvgIpc) is 2.88. The maximum Gasteiger partial charge on any atom is 0.309 e. The van der Waals surface area contributed by atoms with Gasteiger partial charge in [-0.1, -0.05) is 19.1 Å². The Morgan fingerprint density at radius 1 is 1.39 bits per heavy atom. The molecule has 0 radical (unpaired) electrons. The summed E-state index contributed by atoms with van der Waals surface area (Å²) in [7, 11) is 0. The molecule has 18 heavy (non-hydrogen) atoms. The molecule has 4 aliphatic rings. The van der Waals surface area contributed by atoms with Gasteiger partial charge in [-0.2, -0.15) is 0 Å². The highest BCUT2D eigenvalue weighted by atomic mass is 16.8. The van der Waals surface area contributed by atoms with E-state index in [0.717, 1.165) is 12.8 Å². The van der Waals surface area contributed by atoms with Crippen LogP contribution in [0.3, 0.4) is 0 Å². The largest absolute Gasteiger partial charge is 0.458 e. The van der Waals surface area contributed by atoms with Crippen molar-refractivity contribution >= 4 is 5.97 Å². The van der Waals surface area contributed by atoms with Crippen molar-refractivity contribution in [3.05, 3.63) is 12.2 Å². The van der Waals surface area contributed by atoms with Gasteiger partial charge >= 0.3 is 5.97 Å². The van der Waals surface area contributed by atoms with Gasteiger partial charge in [0.05, 0.1) is 5.92 Å². The highest BCUT2D eigenvalue weighted by molar-refractivity contribution is 5.75. The molecule has 5 heteroatoms. The van der Waals surface area contributed by atoms with Crippen LogP contribution in [0.15, 0.2) is 12.2 Å². The molecule has 3 fully saturated rings. The van der Waals surface area contributed by atoms with Crippen molar-refractivity contribution in [1.29, 1.82) is 0 Å². The van der Waals surface area contributed by atoms with Gasteiger partial charge < -0.3 is 19.7 Å². The van der Waals surface area contributed by atoms with Crippen LogP contribution in [0.25, 0.3) is 0 Å². The minimum Gasteiger partial charge on any atom is -0.458 e. The van der Waals surface area contributed by atoms with Crippen LogP contribution in [0.4, 0.5) is 0 Å². The third-order valence-corrected chi connectivity index (χ3v) is 5.20. The number of aliphatic hydroxyl groups is 2. The van der Waals surface area contributed by atoms with Crippen LogP contribution in [-0.4, -0.2) is 39.8 Å². The van der Waals surface area contributed by atoms with E-state index in [-0.39, 0.29) is 23.7 Å². The normalized spacial score (nSPS) is 60.6. The Bertz CT molecular complexity index is 460. The molecule has 0 aromatic carbocycles. The van der Waals surface area contributed by atoms with Gasteiger partial charge in [-0.3, -0.25) is 4.79 Å². The minimum atomic E-state index is -1.57. The molecule has 2 saturated heterocycles. The summed E-state index contributed by atoms with van der Waals surface area (Å²) in [6, 6.07) is 0. The Balaban J connectivity index is 1.79. The predicted octanol–water partition coefficient (Wildman–Crippen LogP) is -0.0376. The second kappa shape index (κ2) is 2.98. The van der Waals surface area contributed by atoms with E-state index < -0.39 is 23.6 Å². The van der Waals surface area contributed by atoms with Crippen molar-refractivity contribution in [3.8, 4) is 0 Å². The van der Waals surface area contributed by atoms with E-state index in [9.17, 15) is 15.0 Å². The van der Waals surface area contributed by atoms with Crippen molar-refractivity contribution in [2.45, 2.75) is 43.4 Å². The number of epoxide rings is 1. The van der Waals surface area contributed by atoms with Crippen molar-refractivity contribution in [3.63, 3.8) is 0 Å². The maximum absolute atomic E-state index is 11.7. The smallest absolute Gasteiger partial charge is 0.309 e. The van der Waals surface area contributed by atoms with Crippen LogP contribution >= 0.6 is 0 Å². The lowest BCUT2D eigenvalue weighted by Gasteiger charge is -2.39. The first-order valence-electron chi connectivity index (χ1n) is 6.50. The zero-order valence-electron chi connectivity index (χ0n) is 10.1. The molecule has 2 N–H and O–H groups in total. The number of hydrogen-bond donors (Lipinski definition) is 2. The summed E-state index contributed by atoms with van der Waals surface area (Å²) in [6.45, 7) is 1.86. The highest BCUT2D eigenvalue weighted by Gasteiger charge is 2.84. The van der Waals surface area contributed by atoms with Crippen LogP contribution in [0, 0.1) is 17.8 Å². The van der Waals surface area contributed by atoms with E-state index in [0.29, 0.717) is 0 Å². The molecule has 3 unspecified atom stereocenters. The first-order chi connectivity index (χ1) is 8.50. The molecule has 4 rings (SSSR count). The summed E-state index contributed by atoms with van der Waals surface area (Å²) in [6.07, 6.45) is 3.75. The van der Waals surface area contributed by atoms with E-state index >= 15 is 0 Å². The lowest BCUT2D eigenvalue weighted by atomic mass is 9.64. The standard InChI is InChI=1S/C13H16O5/c1-6-8-4-2-7-3-5-9(14)13(16)12(7,18-13)10(8)17-11(6)15/h3,5-10,14,16H,2,4H2,1H3/t6-,7?,8?,9-,10?,12+,13+/m0/s1. The van der Waals surface area contributed by atoms with Gasteiger partial charge in [-0.05, 0) is 12.8 Å². The lowest BCUT2D eigenvalue weighted by Crippen LogP contribution is -2.54. The predicted molar refractivity (Wildman–Crippen MR) is 59.2 cm³/mol. The highest BCUT2D eigenvalue weighted by Crippen LogP contribution is 2.65. The van der Waals surface area contributed by atoms with Crippen LogP contribution in [-0.2, 0) is 14.3 Å². The fourth-order valence-corrected chi connectivity index (χ4v) is 4.10. The summed E-state index contributed by atoms with van der Waals surface area (Å²) in [5.41, 5.74) is -0.912. The SMILES string of the molecule is C[C@@H]1C(=O)OC2C1CCC1C=C[C@H](O)[C@@]3(O)O[C@]123. The second-order valence-corrected chi connectivity index (χ2v) is 5.92. The molecule has 0 amide bonds. The van der Waals surface area contributed by atoms with E-state index in [4.69, 9.17) is 9.47 Å². The van der Waals surface area contributed by atoms with E-state index in [1.807, 2.05) is 13.0 Å². The Kier molecular flexibility index (Phi) is 1.81. The molecule has 0 bridgehead atoms. The number of ether oxygens (including phenoxy) is 2. The maximum atomic E-state index is 11.7. The molecule has 98 valence electrons. The number of carbonyl (C=O) groups excluding carboxylic acids is 1. The van der Waals surface area contributed by atoms with Gasteiger partial charge in [-0.25, -0.2) is 0 Å². The third kappa shape index (κ3) is 0.952. The Hall–Kier alpha value is -0.910. The molecule has 2 aliphatic carbocycles. The molecular weight excluding hydrogens is 236 g/mol. The quantitative estimate of drug-likeness (QED) is 0.359.